The summed E-state index contributed by atoms with van der Waals surface area (Å²) in [5.41, 5.74) is 0.358. The molecule has 23 heavy (non-hydrogen) atoms. The predicted molar refractivity (Wildman–Crippen MR) is 79.1 cm³/mol. The molecule has 0 aliphatic carbocycles. The van der Waals surface area contributed by atoms with Crippen LogP contribution >= 0.6 is 11.6 Å². The molecule has 0 radical (unpaired) electrons. The molecular weight excluding hydrogens is 326 g/mol. The first-order valence-corrected chi connectivity index (χ1v) is 7.26. The summed E-state index contributed by atoms with van der Waals surface area (Å²) in [6.45, 7) is -0.0142. The van der Waals surface area contributed by atoms with Crippen LogP contribution in [0.4, 0.5) is 8.78 Å². The van der Waals surface area contributed by atoms with Crippen molar-refractivity contribution in [3.05, 3.63) is 59.9 Å². The molecule has 0 saturated carbocycles. The first-order valence-electron chi connectivity index (χ1n) is 6.88. The molecule has 1 aromatic carbocycles. The number of hydrogen-bond acceptors (Lipinski definition) is 4. The monoisotopic (exact) mass is 338 g/mol. The third-order valence-electron chi connectivity index (χ3n) is 3.47. The highest BCUT2D eigenvalue weighted by Gasteiger charge is 2.26. The van der Waals surface area contributed by atoms with Gasteiger partial charge in [-0.15, -0.1) is 0 Å². The molecule has 2 unspecified atom stereocenters. The molecule has 0 aliphatic rings. The average molecular weight is 339 g/mol. The van der Waals surface area contributed by atoms with Crippen molar-refractivity contribution in [2.24, 2.45) is 0 Å². The topological polar surface area (TPSA) is 61.4 Å². The number of rotatable bonds is 6. The van der Waals surface area contributed by atoms with Crippen molar-refractivity contribution in [3.63, 3.8) is 0 Å². The summed E-state index contributed by atoms with van der Waals surface area (Å²) >= 11 is 5.75. The standard InChI is InChI=1S/C14H13ClF2N6/c15-11-2-1-10(12(16)4-11)3-14(23-9-19-7-21-23)13(17)5-22-8-18-6-20-22/h1-2,4,6-9,13-14H,3,5H2. The maximum atomic E-state index is 14.8. The highest BCUT2D eigenvalue weighted by atomic mass is 35.5. The van der Waals surface area contributed by atoms with Gasteiger partial charge in [0.05, 0.1) is 12.6 Å². The molecule has 2 aromatic heterocycles. The lowest BCUT2D eigenvalue weighted by molar-refractivity contribution is 0.184. The number of aromatic nitrogens is 6. The fourth-order valence-corrected chi connectivity index (χ4v) is 2.47. The van der Waals surface area contributed by atoms with Crippen LogP contribution in [0, 0.1) is 5.82 Å². The number of benzene rings is 1. The van der Waals surface area contributed by atoms with Gasteiger partial charge in [-0.1, -0.05) is 17.7 Å². The second-order valence-corrected chi connectivity index (χ2v) is 5.45. The van der Waals surface area contributed by atoms with Gasteiger partial charge in [0.15, 0.2) is 0 Å². The van der Waals surface area contributed by atoms with Crippen LogP contribution in [0.15, 0.2) is 43.5 Å². The molecule has 0 N–H and O–H groups in total. The van der Waals surface area contributed by atoms with E-state index < -0.39 is 18.0 Å². The summed E-state index contributed by atoms with van der Waals surface area (Å²) in [6.07, 6.45) is 4.24. The Balaban J connectivity index is 1.83. The van der Waals surface area contributed by atoms with Crippen molar-refractivity contribution >= 4 is 11.6 Å². The number of halogens is 3. The summed E-state index contributed by atoms with van der Waals surface area (Å²) < 4.78 is 31.5. The summed E-state index contributed by atoms with van der Waals surface area (Å²) in [5, 5.41) is 8.16. The quantitative estimate of drug-likeness (QED) is 0.692. The van der Waals surface area contributed by atoms with E-state index in [4.69, 9.17) is 11.6 Å². The van der Waals surface area contributed by atoms with Crippen LogP contribution in [-0.2, 0) is 13.0 Å². The lowest BCUT2D eigenvalue weighted by Crippen LogP contribution is -2.28. The fraction of sp³-hybridized carbons (Fsp3) is 0.286. The zero-order chi connectivity index (χ0) is 16.2. The van der Waals surface area contributed by atoms with E-state index in [0.29, 0.717) is 10.6 Å². The zero-order valence-electron chi connectivity index (χ0n) is 11.9. The van der Waals surface area contributed by atoms with Gasteiger partial charge >= 0.3 is 0 Å². The first kappa shape index (κ1) is 15.5. The van der Waals surface area contributed by atoms with Crippen molar-refractivity contribution in [1.29, 1.82) is 0 Å². The van der Waals surface area contributed by atoms with Crippen molar-refractivity contribution in [3.8, 4) is 0 Å². The van der Waals surface area contributed by atoms with Gasteiger partial charge in [-0.05, 0) is 17.7 Å². The molecule has 0 fully saturated rings. The van der Waals surface area contributed by atoms with Crippen LogP contribution in [0.25, 0.3) is 0 Å². The molecule has 2 atom stereocenters. The molecule has 0 spiro atoms. The highest BCUT2D eigenvalue weighted by Crippen LogP contribution is 2.24. The Kier molecular flexibility index (Phi) is 4.61. The van der Waals surface area contributed by atoms with Gasteiger partial charge in [-0.3, -0.25) is 0 Å². The maximum Gasteiger partial charge on any atom is 0.142 e. The third kappa shape index (κ3) is 3.70. The zero-order valence-corrected chi connectivity index (χ0v) is 12.7. The molecular formula is C14H13ClF2N6. The van der Waals surface area contributed by atoms with E-state index in [-0.39, 0.29) is 13.0 Å². The Morgan fingerprint density at radius 1 is 1.13 bits per heavy atom. The second kappa shape index (κ2) is 6.82. The van der Waals surface area contributed by atoms with Gasteiger partial charge in [0, 0.05) is 11.4 Å². The van der Waals surface area contributed by atoms with Crippen molar-refractivity contribution in [2.75, 3.05) is 0 Å². The van der Waals surface area contributed by atoms with Crippen LogP contribution in [0.3, 0.4) is 0 Å². The van der Waals surface area contributed by atoms with E-state index in [2.05, 4.69) is 20.2 Å². The van der Waals surface area contributed by atoms with Gasteiger partial charge in [-0.25, -0.2) is 28.1 Å². The lowest BCUT2D eigenvalue weighted by atomic mass is 10.0. The van der Waals surface area contributed by atoms with Gasteiger partial charge < -0.3 is 0 Å². The van der Waals surface area contributed by atoms with E-state index in [1.165, 1.54) is 40.7 Å². The molecule has 6 nitrogen and oxygen atoms in total. The molecule has 120 valence electrons. The Hall–Kier alpha value is -2.35. The van der Waals surface area contributed by atoms with E-state index in [1.54, 1.807) is 12.1 Å². The highest BCUT2D eigenvalue weighted by molar-refractivity contribution is 6.30. The lowest BCUT2D eigenvalue weighted by Gasteiger charge is -2.21. The number of hydrogen-bond donors (Lipinski definition) is 0. The number of alkyl halides is 1. The van der Waals surface area contributed by atoms with E-state index in [0.717, 1.165) is 0 Å². The van der Waals surface area contributed by atoms with Crippen LogP contribution in [0.2, 0.25) is 5.02 Å². The maximum absolute atomic E-state index is 14.8. The Morgan fingerprint density at radius 2 is 1.91 bits per heavy atom. The summed E-state index contributed by atoms with van der Waals surface area (Å²) in [6, 6.07) is 3.60. The summed E-state index contributed by atoms with van der Waals surface area (Å²) in [5.74, 6) is -0.476. The minimum absolute atomic E-state index is 0.0142. The van der Waals surface area contributed by atoms with Gasteiger partial charge in [-0.2, -0.15) is 10.2 Å². The third-order valence-corrected chi connectivity index (χ3v) is 3.70. The largest absolute Gasteiger partial charge is 0.250 e. The minimum Gasteiger partial charge on any atom is -0.250 e. The Labute approximate surface area is 135 Å². The minimum atomic E-state index is -1.35. The first-order chi connectivity index (χ1) is 11.1. The predicted octanol–water partition coefficient (Wildman–Crippen LogP) is 2.48. The fourth-order valence-electron chi connectivity index (χ4n) is 2.32. The molecule has 9 heteroatoms. The molecule has 0 bridgehead atoms. The van der Waals surface area contributed by atoms with Crippen molar-refractivity contribution < 1.29 is 8.78 Å². The smallest absolute Gasteiger partial charge is 0.142 e. The normalized spacial score (nSPS) is 13.9. The van der Waals surface area contributed by atoms with Crippen LogP contribution < -0.4 is 0 Å². The summed E-state index contributed by atoms with van der Waals surface area (Å²) in [4.78, 5) is 7.62. The van der Waals surface area contributed by atoms with Crippen molar-refractivity contribution in [1.82, 2.24) is 29.5 Å². The van der Waals surface area contributed by atoms with Gasteiger partial charge in [0.1, 0.15) is 37.3 Å². The Morgan fingerprint density at radius 3 is 2.57 bits per heavy atom. The molecule has 3 rings (SSSR count). The Bertz CT molecular complexity index is 747. The molecule has 0 saturated heterocycles. The van der Waals surface area contributed by atoms with Crippen LogP contribution in [-0.4, -0.2) is 35.7 Å². The van der Waals surface area contributed by atoms with Crippen LogP contribution in [0.5, 0.6) is 0 Å². The second-order valence-electron chi connectivity index (χ2n) is 5.02. The van der Waals surface area contributed by atoms with E-state index in [9.17, 15) is 8.78 Å². The number of nitrogens with zero attached hydrogens (tertiary/aromatic N) is 6. The van der Waals surface area contributed by atoms with E-state index >= 15 is 0 Å². The molecule has 0 aliphatic heterocycles. The van der Waals surface area contributed by atoms with Gasteiger partial charge in [0.2, 0.25) is 0 Å². The molecule has 3 aromatic rings. The SMILES string of the molecule is Fc1cc(Cl)ccc1CC(C(F)Cn1cncn1)n1cncn1. The summed E-state index contributed by atoms with van der Waals surface area (Å²) in [7, 11) is 0. The molecule has 2 heterocycles. The molecule has 0 amide bonds. The van der Waals surface area contributed by atoms with E-state index in [1.807, 2.05) is 0 Å². The average Bonchev–Trinajstić information content (AvgIpc) is 3.19. The van der Waals surface area contributed by atoms with Gasteiger partial charge in [0.25, 0.3) is 0 Å². The van der Waals surface area contributed by atoms with Crippen LogP contribution in [0.1, 0.15) is 11.6 Å². The van der Waals surface area contributed by atoms with Crippen molar-refractivity contribution in [2.45, 2.75) is 25.2 Å².